The molecule has 2 N–H and O–H groups in total. The van der Waals surface area contributed by atoms with Gasteiger partial charge in [0, 0.05) is 37.7 Å². The maximum atomic E-state index is 14.4. The fourth-order valence-corrected chi connectivity index (χ4v) is 9.71. The van der Waals surface area contributed by atoms with Crippen molar-refractivity contribution in [3.63, 3.8) is 0 Å². The molecule has 7 rings (SSSR count). The average molecular weight is 881 g/mol. The van der Waals surface area contributed by atoms with Gasteiger partial charge in [-0.2, -0.15) is 0 Å². The number of hydrogen-bond donors (Lipinski definition) is 2. The zero-order valence-corrected chi connectivity index (χ0v) is 36.6. The Bertz CT molecular complexity index is 2190. The van der Waals surface area contributed by atoms with Gasteiger partial charge in [0.2, 0.25) is 5.79 Å². The van der Waals surface area contributed by atoms with Crippen molar-refractivity contribution in [1.82, 2.24) is 4.90 Å². The van der Waals surface area contributed by atoms with Gasteiger partial charge in [-0.25, -0.2) is 9.18 Å². The van der Waals surface area contributed by atoms with Crippen LogP contribution in [0.4, 0.5) is 9.18 Å². The van der Waals surface area contributed by atoms with E-state index in [4.69, 9.17) is 40.5 Å². The van der Waals surface area contributed by atoms with Crippen LogP contribution in [0.1, 0.15) is 68.9 Å². The molecule has 10 nitrogen and oxygen atoms in total. The molecule has 2 aliphatic carbocycles. The fraction of sp³-hybridized carbons (Fsp3) is 0.412. The van der Waals surface area contributed by atoms with Gasteiger partial charge in [0.05, 0.1) is 24.1 Å². The third-order valence-corrected chi connectivity index (χ3v) is 12.5. The molecular weight excluding hydrogens is 823 g/mol. The molecule has 0 aromatic heterocycles. The number of allylic oxidation sites excluding steroid dienone is 1. The van der Waals surface area contributed by atoms with Crippen LogP contribution < -0.4 is 9.47 Å². The van der Waals surface area contributed by atoms with Gasteiger partial charge in [0.15, 0.2) is 0 Å². The Labute approximate surface area is 374 Å². The summed E-state index contributed by atoms with van der Waals surface area (Å²) in [5, 5.41) is 24.6. The van der Waals surface area contributed by atoms with Gasteiger partial charge < -0.3 is 34.0 Å². The third-order valence-electron chi connectivity index (χ3n) is 12.3. The number of rotatable bonds is 21. The second kappa shape index (κ2) is 21.9. The van der Waals surface area contributed by atoms with Crippen LogP contribution in [0.3, 0.4) is 0 Å². The molecule has 1 fully saturated rings. The molecule has 6 atom stereocenters. The first-order valence-electron chi connectivity index (χ1n) is 22.1. The summed E-state index contributed by atoms with van der Waals surface area (Å²) >= 11 is 6.06. The Morgan fingerprint density at radius 3 is 2.37 bits per heavy atom. The molecule has 12 heteroatoms. The minimum atomic E-state index is -1.51. The monoisotopic (exact) mass is 880 g/mol. The zero-order valence-electron chi connectivity index (χ0n) is 35.9. The Morgan fingerprint density at radius 1 is 0.952 bits per heavy atom. The van der Waals surface area contributed by atoms with E-state index in [1.54, 1.807) is 23.1 Å². The molecule has 0 bridgehead atoms. The fourth-order valence-electron chi connectivity index (χ4n) is 9.63. The zero-order chi connectivity index (χ0) is 44.2. The molecule has 0 spiro atoms. The highest BCUT2D eigenvalue weighted by Crippen LogP contribution is 2.62. The second-order valence-electron chi connectivity index (χ2n) is 16.2. The highest BCUT2D eigenvalue weighted by molar-refractivity contribution is 6.18. The van der Waals surface area contributed by atoms with Crippen molar-refractivity contribution >= 4 is 23.4 Å². The number of carbonyl (C=O) groups is 1. The van der Waals surface area contributed by atoms with Crippen LogP contribution >= 0.6 is 11.6 Å². The van der Waals surface area contributed by atoms with E-state index in [2.05, 4.69) is 30.9 Å². The van der Waals surface area contributed by atoms with Crippen molar-refractivity contribution in [3.8, 4) is 28.4 Å². The highest BCUT2D eigenvalue weighted by Gasteiger charge is 2.65. The van der Waals surface area contributed by atoms with Crippen LogP contribution in [-0.4, -0.2) is 77.7 Å². The van der Waals surface area contributed by atoms with Crippen LogP contribution in [0, 0.1) is 23.6 Å². The van der Waals surface area contributed by atoms with Crippen LogP contribution in [0.2, 0.25) is 0 Å². The van der Waals surface area contributed by atoms with Crippen molar-refractivity contribution in [2.24, 2.45) is 22.9 Å². The molecule has 3 aliphatic rings. The van der Waals surface area contributed by atoms with Gasteiger partial charge in [-0.05, 0) is 109 Å². The van der Waals surface area contributed by atoms with Crippen molar-refractivity contribution in [3.05, 3.63) is 138 Å². The normalized spacial score (nSPS) is 22.8. The lowest BCUT2D eigenvalue weighted by Crippen LogP contribution is -2.70. The van der Waals surface area contributed by atoms with Crippen molar-refractivity contribution in [2.75, 3.05) is 38.9 Å². The number of amides is 1. The number of nitrogens with zero attached hydrogens (tertiary/aromatic N) is 2. The van der Waals surface area contributed by atoms with E-state index in [0.717, 1.165) is 47.9 Å². The standard InChI is InChI=1S/C51H58ClFN2O8/c1-3-29-60-51-47(55(50(58)59-30-26-52)34-35-16-20-39(53)21-17-35)33-45(54-61-4-2)43-31-38(14-8-10-27-56)42(15-9-11-28-57)48(49(43)51)44-32-41(24-25-46(44)63-51)62-40-22-18-37(19-23-40)36-12-6-5-7-13-36/h3,5-7,12-13,16-25,31-32,38,42,47-49,56-57H,1,4,8-11,14-15,26-30,33-34H2,2H3/t38-,42+,47-,48+,49+,51+/m0/s1. The minimum absolute atomic E-state index is 0.0135. The molecule has 4 aromatic rings. The molecular formula is C51H58ClFN2O8. The molecule has 63 heavy (non-hydrogen) atoms. The number of fused-ring (bicyclic) bond motifs is 2. The molecule has 0 saturated heterocycles. The molecule has 1 saturated carbocycles. The summed E-state index contributed by atoms with van der Waals surface area (Å²) in [6, 6.07) is 29.2. The predicted molar refractivity (Wildman–Crippen MR) is 243 cm³/mol. The van der Waals surface area contributed by atoms with Crippen LogP contribution in [0.5, 0.6) is 17.2 Å². The quantitative estimate of drug-likeness (QED) is 0.0368. The van der Waals surface area contributed by atoms with Gasteiger partial charge in [-0.1, -0.05) is 84.7 Å². The molecule has 1 heterocycles. The molecule has 1 amide bonds. The number of halogens is 2. The van der Waals surface area contributed by atoms with Crippen molar-refractivity contribution in [1.29, 1.82) is 0 Å². The number of alkyl halides is 1. The summed E-state index contributed by atoms with van der Waals surface area (Å²) in [7, 11) is 0. The largest absolute Gasteiger partial charge is 0.459 e. The Hall–Kier alpha value is -5.20. The first-order chi connectivity index (χ1) is 30.8. The van der Waals surface area contributed by atoms with Gasteiger partial charge in [0.25, 0.3) is 0 Å². The number of carbonyl (C=O) groups excluding carboxylic acids is 1. The van der Waals surface area contributed by atoms with Gasteiger partial charge in [-0.3, -0.25) is 4.90 Å². The van der Waals surface area contributed by atoms with Crippen molar-refractivity contribution in [2.45, 2.75) is 76.2 Å². The topological polar surface area (TPSA) is 119 Å². The van der Waals surface area contributed by atoms with Gasteiger partial charge >= 0.3 is 6.09 Å². The molecule has 334 valence electrons. The number of ether oxygens (including phenoxy) is 4. The van der Waals surface area contributed by atoms with E-state index < -0.39 is 29.7 Å². The van der Waals surface area contributed by atoms with E-state index in [1.165, 1.54) is 12.1 Å². The summed E-state index contributed by atoms with van der Waals surface area (Å²) in [5.41, 5.74) is 5.35. The first kappa shape index (κ1) is 45.8. The van der Waals surface area contributed by atoms with Gasteiger partial charge in [0.1, 0.15) is 42.3 Å². The second-order valence-corrected chi connectivity index (χ2v) is 16.6. The third kappa shape index (κ3) is 10.4. The Kier molecular flexibility index (Phi) is 15.9. The maximum absolute atomic E-state index is 14.4. The highest BCUT2D eigenvalue weighted by atomic mass is 35.5. The summed E-state index contributed by atoms with van der Waals surface area (Å²) in [4.78, 5) is 21.9. The van der Waals surface area contributed by atoms with Crippen LogP contribution in [0.25, 0.3) is 11.1 Å². The lowest BCUT2D eigenvalue weighted by atomic mass is 9.55. The number of oxime groups is 1. The lowest BCUT2D eigenvalue weighted by molar-refractivity contribution is -0.256. The van der Waals surface area contributed by atoms with E-state index in [1.807, 2.05) is 61.5 Å². The van der Waals surface area contributed by atoms with Crippen molar-refractivity contribution < 1.29 is 43.2 Å². The first-order valence-corrected chi connectivity index (χ1v) is 22.6. The number of unbranched alkanes of at least 4 members (excludes halogenated alkanes) is 2. The SMILES string of the molecule is C=CCO[C@@]12Oc3ccc(Oc4ccc(-c5ccccc5)cc4)cc3[C@H]3[C@H](CCCCO)[C@@H](CCCCO)C=C(C(=NOCC)C[C@@H]1N(Cc1ccc(F)cc1)C(=O)OCCCl)[C@H]32. The molecule has 0 radical (unpaired) electrons. The van der Waals surface area contributed by atoms with Crippen LogP contribution in [0.15, 0.2) is 127 Å². The number of hydrogen-bond acceptors (Lipinski definition) is 9. The van der Waals surface area contributed by atoms with Gasteiger partial charge in [-0.15, -0.1) is 18.2 Å². The number of aliphatic hydroxyl groups is 2. The van der Waals surface area contributed by atoms with E-state index >= 15 is 0 Å². The summed E-state index contributed by atoms with van der Waals surface area (Å²) < 4.78 is 41.0. The summed E-state index contributed by atoms with van der Waals surface area (Å²) in [6.45, 7) is 6.47. The summed E-state index contributed by atoms with van der Waals surface area (Å²) in [5.74, 6) is -0.659. The number of benzene rings is 4. The molecule has 0 unspecified atom stereocenters. The maximum Gasteiger partial charge on any atom is 0.410 e. The minimum Gasteiger partial charge on any atom is -0.459 e. The predicted octanol–water partition coefficient (Wildman–Crippen LogP) is 10.8. The molecule has 4 aromatic carbocycles. The molecule has 1 aliphatic heterocycles. The average Bonchev–Trinajstić information content (AvgIpc) is 3.31. The van der Waals surface area contributed by atoms with E-state index in [-0.39, 0.29) is 63.0 Å². The Balaban J connectivity index is 1.41. The smallest absolute Gasteiger partial charge is 0.410 e. The van der Waals surface area contributed by atoms with E-state index in [9.17, 15) is 19.4 Å². The number of aliphatic hydroxyl groups excluding tert-OH is 2. The summed E-state index contributed by atoms with van der Waals surface area (Å²) in [6.07, 6.45) is 7.96. The van der Waals surface area contributed by atoms with E-state index in [0.29, 0.717) is 48.0 Å². The lowest BCUT2D eigenvalue weighted by Gasteiger charge is -2.59. The Morgan fingerprint density at radius 2 is 1.67 bits per heavy atom. The van der Waals surface area contributed by atoms with Crippen LogP contribution in [-0.2, 0) is 20.9 Å².